The van der Waals surface area contributed by atoms with E-state index in [-0.39, 0.29) is 5.75 Å². The lowest BCUT2D eigenvalue weighted by molar-refractivity contribution is -0.435. The summed E-state index contributed by atoms with van der Waals surface area (Å²) in [5.74, 6) is -28.2. The Morgan fingerprint density at radius 1 is 1.04 bits per heavy atom. The maximum absolute atomic E-state index is 14.1. The van der Waals surface area contributed by atoms with E-state index in [1.165, 1.54) is 0 Å². The minimum absolute atomic E-state index is 0.165. The molecule has 0 radical (unpaired) electrons. The number of aliphatic hydroxyl groups is 1. The van der Waals surface area contributed by atoms with Crippen LogP contribution >= 0.6 is 0 Å². The highest BCUT2D eigenvalue weighted by Crippen LogP contribution is 2.57. The fourth-order valence-electron chi connectivity index (χ4n) is 2.27. The number of alkyl halides is 9. The van der Waals surface area contributed by atoms with Crippen molar-refractivity contribution in [1.82, 2.24) is 0 Å². The number of carbonyl (C=O) groups excluding carboxylic acids is 1. The molecule has 152 valence electrons. The molecule has 0 bridgehead atoms. The van der Waals surface area contributed by atoms with Crippen LogP contribution in [0.4, 0.5) is 39.5 Å². The second-order valence-electron chi connectivity index (χ2n) is 5.57. The van der Waals surface area contributed by atoms with Gasteiger partial charge in [-0.15, -0.1) is 0 Å². The van der Waals surface area contributed by atoms with Crippen molar-refractivity contribution in [3.05, 3.63) is 23.8 Å². The first-order valence-corrected chi connectivity index (χ1v) is 6.84. The molecule has 1 N–H and O–H groups in total. The molecule has 0 amide bonds. The lowest BCUT2D eigenvalue weighted by Crippen LogP contribution is -2.71. The zero-order valence-corrected chi connectivity index (χ0v) is 13.0. The van der Waals surface area contributed by atoms with Gasteiger partial charge in [0.15, 0.2) is 5.78 Å². The van der Waals surface area contributed by atoms with E-state index in [0.717, 1.165) is 19.2 Å². The first kappa shape index (κ1) is 21.1. The molecule has 0 unspecified atom stereocenters. The zero-order valence-electron chi connectivity index (χ0n) is 13.0. The van der Waals surface area contributed by atoms with Crippen molar-refractivity contribution in [2.24, 2.45) is 0 Å². The zero-order chi connectivity index (χ0) is 21.1. The first-order valence-electron chi connectivity index (χ1n) is 6.84. The van der Waals surface area contributed by atoms with Crippen LogP contribution in [0.5, 0.6) is 11.5 Å². The van der Waals surface area contributed by atoms with Crippen molar-refractivity contribution in [1.29, 1.82) is 0 Å². The number of ether oxygens (including phenoxy) is 2. The van der Waals surface area contributed by atoms with E-state index in [1.807, 2.05) is 0 Å². The van der Waals surface area contributed by atoms with Crippen molar-refractivity contribution in [2.75, 3.05) is 7.11 Å². The van der Waals surface area contributed by atoms with Crippen LogP contribution in [-0.2, 0) is 0 Å². The second-order valence-corrected chi connectivity index (χ2v) is 5.57. The molecule has 2 rings (SSSR count). The van der Waals surface area contributed by atoms with Gasteiger partial charge in [0, 0.05) is 6.07 Å². The third-order valence-corrected chi connectivity index (χ3v) is 3.80. The molecule has 0 saturated carbocycles. The van der Waals surface area contributed by atoms with E-state index >= 15 is 0 Å². The summed E-state index contributed by atoms with van der Waals surface area (Å²) in [4.78, 5) is 11.9. The number of ketones is 1. The van der Waals surface area contributed by atoms with Crippen LogP contribution in [0, 0.1) is 0 Å². The topological polar surface area (TPSA) is 55.8 Å². The average molecular weight is 412 g/mol. The molecular formula is C14H9F9O4. The average Bonchev–Trinajstić information content (AvgIpc) is 2.52. The molecule has 1 aromatic carbocycles. The second kappa shape index (κ2) is 5.91. The minimum Gasteiger partial charge on any atom is -0.497 e. The van der Waals surface area contributed by atoms with E-state index in [9.17, 15) is 49.4 Å². The molecule has 4 nitrogen and oxygen atoms in total. The van der Waals surface area contributed by atoms with Crippen molar-refractivity contribution in [3.63, 3.8) is 0 Å². The van der Waals surface area contributed by atoms with Gasteiger partial charge in [-0.1, -0.05) is 0 Å². The molecule has 1 aliphatic rings. The van der Waals surface area contributed by atoms with Gasteiger partial charge in [-0.2, -0.15) is 39.5 Å². The Balaban J connectivity index is 2.56. The number of rotatable bonds is 4. The van der Waals surface area contributed by atoms with Crippen LogP contribution in [0.25, 0.3) is 0 Å². The van der Waals surface area contributed by atoms with Crippen molar-refractivity contribution in [3.8, 4) is 11.5 Å². The van der Waals surface area contributed by atoms with Crippen LogP contribution in [0.3, 0.4) is 0 Å². The summed E-state index contributed by atoms with van der Waals surface area (Å²) < 4.78 is 127. The Bertz CT molecular complexity index is 759. The number of benzene rings is 1. The molecule has 1 atom stereocenters. The standard InChI is InChI=1S/C14H9F9O4/c1-26-6-2-3-7-8(24)5-10(25,27-9(7)4-6)11(15,16)12(17,18)13(19,20)14(21,22)23/h2-4,25H,5H2,1H3/t10-/m0/s1. The van der Waals surface area contributed by atoms with Gasteiger partial charge in [0.05, 0.1) is 19.1 Å². The summed E-state index contributed by atoms with van der Waals surface area (Å²) in [6.45, 7) is 0. The Morgan fingerprint density at radius 2 is 1.59 bits per heavy atom. The molecule has 0 aliphatic carbocycles. The van der Waals surface area contributed by atoms with Crippen molar-refractivity contribution >= 4 is 5.78 Å². The number of hydrogen-bond acceptors (Lipinski definition) is 4. The molecular weight excluding hydrogens is 403 g/mol. The van der Waals surface area contributed by atoms with Gasteiger partial charge < -0.3 is 14.6 Å². The molecule has 13 heteroatoms. The molecule has 0 saturated heterocycles. The fraction of sp³-hybridized carbons (Fsp3) is 0.500. The van der Waals surface area contributed by atoms with Crippen molar-refractivity contribution < 1.29 is 58.9 Å². The normalized spacial score (nSPS) is 21.5. The Kier molecular flexibility index (Phi) is 4.62. The summed E-state index contributed by atoms with van der Waals surface area (Å²) in [6, 6.07) is 2.76. The Labute approximate surface area is 144 Å². The van der Waals surface area contributed by atoms with Gasteiger partial charge >= 0.3 is 23.9 Å². The van der Waals surface area contributed by atoms with Crippen LogP contribution in [0.1, 0.15) is 16.8 Å². The van der Waals surface area contributed by atoms with Gasteiger partial charge in [0.1, 0.15) is 11.5 Å². The van der Waals surface area contributed by atoms with Gasteiger partial charge in [-0.3, -0.25) is 4.79 Å². The Morgan fingerprint density at radius 3 is 2.07 bits per heavy atom. The number of carbonyl (C=O) groups is 1. The van der Waals surface area contributed by atoms with Crippen LogP contribution in [0.2, 0.25) is 0 Å². The third-order valence-electron chi connectivity index (χ3n) is 3.80. The SMILES string of the molecule is COc1ccc2c(c1)O[C@](O)(C(F)(F)C(F)(F)C(F)(F)C(F)(F)F)CC2=O. The van der Waals surface area contributed by atoms with Gasteiger partial charge in [0.2, 0.25) is 0 Å². The quantitative estimate of drug-likeness (QED) is 0.765. The molecule has 1 heterocycles. The highest BCUT2D eigenvalue weighted by molar-refractivity contribution is 6.00. The van der Waals surface area contributed by atoms with Crippen molar-refractivity contribution in [2.45, 2.75) is 36.2 Å². The predicted octanol–water partition coefficient (Wildman–Crippen LogP) is 3.82. The number of methoxy groups -OCH3 is 1. The van der Waals surface area contributed by atoms with E-state index < -0.39 is 53.2 Å². The number of Topliss-reactive ketones (excluding diaryl/α,β-unsaturated/α-hetero) is 1. The highest BCUT2D eigenvalue weighted by atomic mass is 19.4. The lowest BCUT2D eigenvalue weighted by Gasteiger charge is -2.43. The number of halogens is 9. The van der Waals surface area contributed by atoms with E-state index in [1.54, 1.807) is 0 Å². The summed E-state index contributed by atoms with van der Waals surface area (Å²) in [6.07, 6.45) is -9.07. The molecule has 0 spiro atoms. The maximum atomic E-state index is 14.1. The summed E-state index contributed by atoms with van der Waals surface area (Å²) >= 11 is 0. The monoisotopic (exact) mass is 412 g/mol. The van der Waals surface area contributed by atoms with Crippen LogP contribution in [-0.4, -0.2) is 47.7 Å². The summed E-state index contributed by atoms with van der Waals surface area (Å²) in [5.41, 5.74) is -0.498. The lowest BCUT2D eigenvalue weighted by atomic mass is 9.88. The third kappa shape index (κ3) is 2.87. The first-order chi connectivity index (χ1) is 12.0. The minimum atomic E-state index is -7.24. The summed E-state index contributed by atoms with van der Waals surface area (Å²) in [5, 5.41) is 9.73. The molecule has 1 aromatic rings. The number of hydrogen-bond donors (Lipinski definition) is 1. The smallest absolute Gasteiger partial charge is 0.460 e. The van der Waals surface area contributed by atoms with Crippen LogP contribution in [0.15, 0.2) is 18.2 Å². The fourth-order valence-corrected chi connectivity index (χ4v) is 2.27. The van der Waals surface area contributed by atoms with E-state index in [4.69, 9.17) is 0 Å². The van der Waals surface area contributed by atoms with Crippen LogP contribution < -0.4 is 9.47 Å². The van der Waals surface area contributed by atoms with Gasteiger partial charge in [-0.05, 0) is 12.1 Å². The maximum Gasteiger partial charge on any atom is 0.460 e. The van der Waals surface area contributed by atoms with Gasteiger partial charge in [0.25, 0.3) is 5.79 Å². The van der Waals surface area contributed by atoms with Gasteiger partial charge in [-0.25, -0.2) is 0 Å². The Hall–Kier alpha value is -2.18. The molecule has 27 heavy (non-hydrogen) atoms. The predicted molar refractivity (Wildman–Crippen MR) is 68.4 cm³/mol. The number of fused-ring (bicyclic) bond motifs is 1. The summed E-state index contributed by atoms with van der Waals surface area (Å²) in [7, 11) is 1.07. The molecule has 0 aromatic heterocycles. The molecule has 1 aliphatic heterocycles. The van der Waals surface area contributed by atoms with E-state index in [2.05, 4.69) is 9.47 Å². The largest absolute Gasteiger partial charge is 0.497 e. The highest BCUT2D eigenvalue weighted by Gasteiger charge is 2.87. The molecule has 0 fully saturated rings. The van der Waals surface area contributed by atoms with E-state index in [0.29, 0.717) is 6.07 Å².